The van der Waals surface area contributed by atoms with Crippen molar-refractivity contribution < 1.29 is 14.3 Å². The number of unbranched alkanes of at least 4 members (excludes halogenated alkanes) is 1. The molecule has 0 aliphatic rings. The van der Waals surface area contributed by atoms with Gasteiger partial charge in [0, 0.05) is 0 Å². The highest BCUT2D eigenvalue weighted by Crippen LogP contribution is 2.31. The molecule has 0 aromatic heterocycles. The number of hydrogen-bond donors (Lipinski definition) is 0. The molecule has 1 atom stereocenters. The summed E-state index contributed by atoms with van der Waals surface area (Å²) in [5, 5.41) is 0. The average Bonchev–Trinajstić information content (AvgIpc) is 2.80. The lowest BCUT2D eigenvalue weighted by molar-refractivity contribution is -0.121. The predicted molar refractivity (Wildman–Crippen MR) is 131 cm³/mol. The molecule has 3 aromatic carbocycles. The fourth-order valence-electron chi connectivity index (χ4n) is 3.46. The maximum Gasteiger partial charge on any atom is 0.140 e. The molecule has 0 amide bonds. The smallest absolute Gasteiger partial charge is 0.140 e. The van der Waals surface area contributed by atoms with Crippen molar-refractivity contribution in [3.05, 3.63) is 96.1 Å². The summed E-state index contributed by atoms with van der Waals surface area (Å²) >= 11 is 0. The van der Waals surface area contributed by atoms with E-state index in [1.54, 1.807) is 6.92 Å². The first-order valence-electron chi connectivity index (χ1n) is 11.2. The monoisotopic (exact) mass is 428 g/mol. The molecule has 0 spiro atoms. The van der Waals surface area contributed by atoms with Gasteiger partial charge >= 0.3 is 0 Å². The second-order valence-corrected chi connectivity index (χ2v) is 8.21. The molecule has 0 radical (unpaired) electrons. The molecule has 3 aromatic rings. The normalized spacial score (nSPS) is 13.0. The predicted octanol–water partition coefficient (Wildman–Crippen LogP) is 7.61. The summed E-state index contributed by atoms with van der Waals surface area (Å²) in [7, 11) is 0. The van der Waals surface area contributed by atoms with Crippen LogP contribution in [0.1, 0.15) is 51.2 Å². The van der Waals surface area contributed by atoms with Crippen LogP contribution in [0.5, 0.6) is 17.2 Å². The first-order chi connectivity index (χ1) is 15.5. The Balaban J connectivity index is 1.68. The number of ether oxygens (including phenoxy) is 2. The van der Waals surface area contributed by atoms with E-state index in [0.29, 0.717) is 6.42 Å². The Bertz CT molecular complexity index is 1020. The molecular weight excluding hydrogens is 396 g/mol. The number of carbonyl (C=O) groups excluding carboxylic acids is 1. The van der Waals surface area contributed by atoms with E-state index in [4.69, 9.17) is 9.47 Å². The lowest BCUT2D eigenvalue weighted by Crippen LogP contribution is -2.29. The number of hydrogen-bond acceptors (Lipinski definition) is 3. The van der Waals surface area contributed by atoms with Crippen LogP contribution < -0.4 is 9.47 Å². The molecule has 0 aliphatic heterocycles. The summed E-state index contributed by atoms with van der Waals surface area (Å²) in [6, 6.07) is 25.6. The molecular formula is C29H32O3. The Morgan fingerprint density at radius 2 is 1.62 bits per heavy atom. The first-order valence-corrected chi connectivity index (χ1v) is 11.2. The fourth-order valence-corrected chi connectivity index (χ4v) is 3.46. The second-order valence-electron chi connectivity index (χ2n) is 8.21. The molecule has 0 fully saturated rings. The standard InChI is InChI=1S/C29H32O3/c1-4-5-21-31-26-18-16-25(17-19-26)29(3,23(2)30)20-10-12-24-11-9-15-28(22-24)32-27-13-7-6-8-14-27/h6-19,22H,4-5,20-21H2,1-3H3. The number of rotatable bonds is 11. The minimum Gasteiger partial charge on any atom is -0.494 e. The van der Waals surface area contributed by atoms with Crippen molar-refractivity contribution in [2.24, 2.45) is 0 Å². The summed E-state index contributed by atoms with van der Waals surface area (Å²) < 4.78 is 11.7. The molecule has 0 heterocycles. The van der Waals surface area contributed by atoms with Gasteiger partial charge in [-0.2, -0.15) is 0 Å². The van der Waals surface area contributed by atoms with Gasteiger partial charge in [0.1, 0.15) is 23.0 Å². The van der Waals surface area contributed by atoms with Gasteiger partial charge in [-0.05, 0) is 74.2 Å². The summed E-state index contributed by atoms with van der Waals surface area (Å²) in [5.41, 5.74) is 1.44. The van der Waals surface area contributed by atoms with Crippen LogP contribution in [0.3, 0.4) is 0 Å². The quantitative estimate of drug-likeness (QED) is 0.295. The number of Topliss-reactive ketones (excluding diaryl/α,β-unsaturated/α-hetero) is 1. The topological polar surface area (TPSA) is 35.5 Å². The van der Waals surface area contributed by atoms with Crippen molar-refractivity contribution in [1.82, 2.24) is 0 Å². The van der Waals surface area contributed by atoms with E-state index < -0.39 is 5.41 Å². The molecule has 0 saturated heterocycles. The van der Waals surface area contributed by atoms with Crippen LogP contribution in [-0.2, 0) is 10.2 Å². The van der Waals surface area contributed by atoms with Crippen LogP contribution >= 0.6 is 0 Å². The van der Waals surface area contributed by atoms with Gasteiger partial charge < -0.3 is 9.47 Å². The molecule has 32 heavy (non-hydrogen) atoms. The molecule has 3 heteroatoms. The van der Waals surface area contributed by atoms with Crippen LogP contribution in [0.4, 0.5) is 0 Å². The molecule has 166 valence electrons. The summed E-state index contributed by atoms with van der Waals surface area (Å²) in [6.07, 6.45) is 6.86. The zero-order chi connectivity index (χ0) is 22.8. The van der Waals surface area contributed by atoms with Gasteiger partial charge in [-0.15, -0.1) is 0 Å². The van der Waals surface area contributed by atoms with Crippen molar-refractivity contribution in [2.45, 2.75) is 45.4 Å². The zero-order valence-corrected chi connectivity index (χ0v) is 19.2. The molecule has 3 rings (SSSR count). The Labute approximate surface area is 191 Å². The van der Waals surface area contributed by atoms with Crippen LogP contribution in [-0.4, -0.2) is 12.4 Å². The van der Waals surface area contributed by atoms with Crippen molar-refractivity contribution in [1.29, 1.82) is 0 Å². The van der Waals surface area contributed by atoms with Gasteiger partial charge in [0.15, 0.2) is 0 Å². The average molecular weight is 429 g/mol. The highest BCUT2D eigenvalue weighted by molar-refractivity contribution is 5.88. The number of allylic oxidation sites excluding steroid dienone is 1. The maximum atomic E-state index is 12.6. The lowest BCUT2D eigenvalue weighted by atomic mass is 9.76. The molecule has 1 unspecified atom stereocenters. The van der Waals surface area contributed by atoms with Crippen LogP contribution in [0.2, 0.25) is 0 Å². The first kappa shape index (κ1) is 23.3. The third-order valence-electron chi connectivity index (χ3n) is 5.71. The number of para-hydroxylation sites is 1. The van der Waals surface area contributed by atoms with E-state index in [1.165, 1.54) is 0 Å². The van der Waals surface area contributed by atoms with Crippen molar-refractivity contribution >= 4 is 11.9 Å². The van der Waals surface area contributed by atoms with E-state index in [-0.39, 0.29) is 5.78 Å². The third-order valence-corrected chi connectivity index (χ3v) is 5.71. The Kier molecular flexibility index (Phi) is 8.27. The van der Waals surface area contributed by atoms with E-state index in [1.807, 2.05) is 91.9 Å². The highest BCUT2D eigenvalue weighted by Gasteiger charge is 2.30. The van der Waals surface area contributed by atoms with Gasteiger partial charge in [0.2, 0.25) is 0 Å². The largest absolute Gasteiger partial charge is 0.494 e. The zero-order valence-electron chi connectivity index (χ0n) is 19.2. The second kappa shape index (κ2) is 11.3. The van der Waals surface area contributed by atoms with Gasteiger partial charge in [-0.1, -0.05) is 68.0 Å². The van der Waals surface area contributed by atoms with E-state index in [9.17, 15) is 4.79 Å². The van der Waals surface area contributed by atoms with Crippen LogP contribution in [0.15, 0.2) is 84.9 Å². The van der Waals surface area contributed by atoms with E-state index in [2.05, 4.69) is 13.0 Å². The third kappa shape index (κ3) is 6.34. The lowest BCUT2D eigenvalue weighted by Gasteiger charge is -2.26. The van der Waals surface area contributed by atoms with Crippen molar-refractivity contribution in [3.63, 3.8) is 0 Å². The minimum absolute atomic E-state index is 0.142. The van der Waals surface area contributed by atoms with Crippen LogP contribution in [0.25, 0.3) is 6.08 Å². The summed E-state index contributed by atoms with van der Waals surface area (Å²) in [4.78, 5) is 12.6. The number of carbonyl (C=O) groups is 1. The number of ketones is 1. The Morgan fingerprint density at radius 1 is 0.906 bits per heavy atom. The van der Waals surface area contributed by atoms with Crippen molar-refractivity contribution in [2.75, 3.05) is 6.61 Å². The maximum absolute atomic E-state index is 12.6. The Hall–Kier alpha value is -3.33. The molecule has 0 saturated carbocycles. The molecule has 0 bridgehead atoms. The minimum atomic E-state index is -0.587. The Morgan fingerprint density at radius 3 is 2.31 bits per heavy atom. The van der Waals surface area contributed by atoms with Crippen LogP contribution in [0, 0.1) is 0 Å². The van der Waals surface area contributed by atoms with E-state index in [0.717, 1.165) is 47.8 Å². The van der Waals surface area contributed by atoms with E-state index >= 15 is 0 Å². The van der Waals surface area contributed by atoms with Crippen molar-refractivity contribution in [3.8, 4) is 17.2 Å². The van der Waals surface area contributed by atoms with Gasteiger partial charge in [0.25, 0.3) is 0 Å². The van der Waals surface area contributed by atoms with Gasteiger partial charge in [0.05, 0.1) is 12.0 Å². The highest BCUT2D eigenvalue weighted by atomic mass is 16.5. The summed E-state index contributed by atoms with van der Waals surface area (Å²) in [5.74, 6) is 2.58. The molecule has 0 N–H and O–H groups in total. The molecule has 3 nitrogen and oxygen atoms in total. The molecule has 0 aliphatic carbocycles. The fraction of sp³-hybridized carbons (Fsp3) is 0.276. The van der Waals surface area contributed by atoms with Gasteiger partial charge in [-0.3, -0.25) is 4.79 Å². The number of benzene rings is 3. The summed E-state index contributed by atoms with van der Waals surface area (Å²) in [6.45, 7) is 6.52. The van der Waals surface area contributed by atoms with Gasteiger partial charge in [-0.25, -0.2) is 0 Å². The SMILES string of the molecule is CCCCOc1ccc(C(C)(CC=Cc2cccc(Oc3ccccc3)c2)C(C)=O)cc1.